The Kier molecular flexibility index (Phi) is 7.12. The molecule has 0 spiro atoms. The third kappa shape index (κ3) is 5.49. The van der Waals surface area contributed by atoms with Crippen LogP contribution in [0.5, 0.6) is 5.75 Å². The molecule has 0 saturated carbocycles. The van der Waals surface area contributed by atoms with Crippen LogP contribution in [0.1, 0.15) is 18.9 Å². The molecule has 2 amide bonds. The van der Waals surface area contributed by atoms with Gasteiger partial charge in [-0.2, -0.15) is 0 Å². The first kappa shape index (κ1) is 21.1. The van der Waals surface area contributed by atoms with Crippen molar-refractivity contribution in [1.29, 1.82) is 0 Å². The maximum absolute atomic E-state index is 12.5. The van der Waals surface area contributed by atoms with Crippen molar-refractivity contribution in [3.05, 3.63) is 59.1 Å². The molecule has 7 heteroatoms. The number of para-hydroxylation sites is 2. The van der Waals surface area contributed by atoms with Crippen molar-refractivity contribution in [3.63, 3.8) is 0 Å². The third-order valence-corrected chi connectivity index (χ3v) is 5.17. The number of nitrogens with zero attached hydrogens (tertiary/aromatic N) is 1. The number of aliphatic hydroxyl groups is 1. The van der Waals surface area contributed by atoms with E-state index < -0.39 is 6.10 Å². The fourth-order valence-corrected chi connectivity index (χ4v) is 3.43. The minimum absolute atomic E-state index is 0.0320. The molecule has 0 bridgehead atoms. The second kappa shape index (κ2) is 9.76. The zero-order valence-electron chi connectivity index (χ0n) is 16.3. The Morgan fingerprint density at radius 2 is 1.97 bits per heavy atom. The molecule has 1 heterocycles. The molecule has 6 nitrogen and oxygen atoms in total. The first-order chi connectivity index (χ1) is 14.0. The maximum atomic E-state index is 12.5. The van der Waals surface area contributed by atoms with Crippen molar-refractivity contribution in [2.24, 2.45) is 5.92 Å². The highest BCUT2D eigenvalue weighted by Crippen LogP contribution is 2.33. The molecule has 2 aromatic rings. The van der Waals surface area contributed by atoms with E-state index in [-0.39, 0.29) is 37.3 Å². The van der Waals surface area contributed by atoms with Crippen LogP contribution in [0, 0.1) is 5.92 Å². The van der Waals surface area contributed by atoms with Crippen LogP contribution in [0.15, 0.2) is 48.5 Å². The van der Waals surface area contributed by atoms with Gasteiger partial charge in [0.2, 0.25) is 5.91 Å². The molecular formula is C22H25ClN2O4. The average Bonchev–Trinajstić information content (AvgIpc) is 2.73. The molecule has 1 aliphatic heterocycles. The number of ether oxygens (including phenoxy) is 1. The molecule has 2 aromatic carbocycles. The van der Waals surface area contributed by atoms with Gasteiger partial charge in [0.05, 0.1) is 5.69 Å². The molecule has 0 radical (unpaired) electrons. The molecule has 0 fully saturated rings. The number of carbonyl (C=O) groups excluding carboxylic acids is 2. The number of benzene rings is 2. The fourth-order valence-electron chi connectivity index (χ4n) is 3.30. The largest absolute Gasteiger partial charge is 0.479 e. The number of rotatable bonds is 8. The SMILES string of the molecule is C[C@H]1Oc2ccccc2N(CCC(=O)NC[C@H](CO)Cc2ccc(Cl)cc2)C1=O. The molecule has 29 heavy (non-hydrogen) atoms. The lowest BCUT2D eigenvalue weighted by Crippen LogP contribution is -2.46. The summed E-state index contributed by atoms with van der Waals surface area (Å²) < 4.78 is 5.61. The van der Waals surface area contributed by atoms with Gasteiger partial charge in [-0.25, -0.2) is 0 Å². The van der Waals surface area contributed by atoms with Crippen molar-refractivity contribution in [1.82, 2.24) is 5.32 Å². The minimum Gasteiger partial charge on any atom is -0.479 e. The van der Waals surface area contributed by atoms with E-state index in [9.17, 15) is 14.7 Å². The van der Waals surface area contributed by atoms with Crippen LogP contribution in [-0.2, 0) is 16.0 Å². The van der Waals surface area contributed by atoms with Gasteiger partial charge in [0.15, 0.2) is 6.10 Å². The lowest BCUT2D eigenvalue weighted by Gasteiger charge is -2.32. The normalized spacial score (nSPS) is 16.7. The number of aliphatic hydroxyl groups excluding tert-OH is 1. The quantitative estimate of drug-likeness (QED) is 0.693. The predicted octanol–water partition coefficient (Wildman–Crippen LogP) is 2.81. The summed E-state index contributed by atoms with van der Waals surface area (Å²) in [7, 11) is 0. The number of hydrogen-bond donors (Lipinski definition) is 2. The Labute approximate surface area is 175 Å². The van der Waals surface area contributed by atoms with Crippen LogP contribution in [0.25, 0.3) is 0 Å². The van der Waals surface area contributed by atoms with E-state index in [2.05, 4.69) is 5.32 Å². The molecule has 2 atom stereocenters. The summed E-state index contributed by atoms with van der Waals surface area (Å²) in [5.74, 6) is 0.227. The zero-order chi connectivity index (χ0) is 20.8. The predicted molar refractivity (Wildman–Crippen MR) is 112 cm³/mol. The van der Waals surface area contributed by atoms with E-state index in [4.69, 9.17) is 16.3 Å². The highest BCUT2D eigenvalue weighted by molar-refractivity contribution is 6.30. The average molecular weight is 417 g/mol. The van der Waals surface area contributed by atoms with Crippen LogP contribution in [0.4, 0.5) is 5.69 Å². The molecule has 154 valence electrons. The van der Waals surface area contributed by atoms with Crippen LogP contribution in [0.2, 0.25) is 5.02 Å². The van der Waals surface area contributed by atoms with Gasteiger partial charge < -0.3 is 20.1 Å². The van der Waals surface area contributed by atoms with Crippen LogP contribution in [-0.4, -0.2) is 42.7 Å². The van der Waals surface area contributed by atoms with Gasteiger partial charge in [0.1, 0.15) is 5.75 Å². The fraction of sp³-hybridized carbons (Fsp3) is 0.364. The lowest BCUT2D eigenvalue weighted by molar-refractivity contribution is -0.125. The summed E-state index contributed by atoms with van der Waals surface area (Å²) in [4.78, 5) is 26.4. The number of fused-ring (bicyclic) bond motifs is 1. The highest BCUT2D eigenvalue weighted by Gasteiger charge is 2.31. The third-order valence-electron chi connectivity index (χ3n) is 4.92. The molecule has 3 rings (SSSR count). The number of hydrogen-bond acceptors (Lipinski definition) is 4. The van der Waals surface area contributed by atoms with Crippen LogP contribution < -0.4 is 15.0 Å². The van der Waals surface area contributed by atoms with Gasteiger partial charge in [0, 0.05) is 37.1 Å². The molecule has 0 unspecified atom stereocenters. The summed E-state index contributed by atoms with van der Waals surface area (Å²) in [6.07, 6.45) is 0.234. The van der Waals surface area contributed by atoms with Crippen molar-refractivity contribution in [2.45, 2.75) is 25.9 Å². The van der Waals surface area contributed by atoms with Gasteiger partial charge in [0.25, 0.3) is 5.91 Å². The van der Waals surface area contributed by atoms with Crippen molar-refractivity contribution in [3.8, 4) is 5.75 Å². The monoisotopic (exact) mass is 416 g/mol. The Balaban J connectivity index is 1.51. The first-order valence-corrected chi connectivity index (χ1v) is 10.0. The van der Waals surface area contributed by atoms with Gasteiger partial charge in [-0.3, -0.25) is 9.59 Å². The lowest BCUT2D eigenvalue weighted by atomic mass is 10.00. The summed E-state index contributed by atoms with van der Waals surface area (Å²) in [6.45, 7) is 2.31. The summed E-state index contributed by atoms with van der Waals surface area (Å²) in [6, 6.07) is 14.7. The molecule has 0 saturated heterocycles. The van der Waals surface area contributed by atoms with Crippen molar-refractivity contribution < 1.29 is 19.4 Å². The Hall–Kier alpha value is -2.57. The van der Waals surface area contributed by atoms with Gasteiger partial charge in [-0.1, -0.05) is 35.9 Å². The Bertz CT molecular complexity index is 856. The number of nitrogens with one attached hydrogen (secondary N) is 1. The Morgan fingerprint density at radius 3 is 2.69 bits per heavy atom. The second-order valence-electron chi connectivity index (χ2n) is 7.15. The van der Waals surface area contributed by atoms with E-state index in [1.165, 1.54) is 0 Å². The van der Waals surface area contributed by atoms with E-state index in [0.717, 1.165) is 5.56 Å². The second-order valence-corrected chi connectivity index (χ2v) is 7.59. The number of amides is 2. The Morgan fingerprint density at radius 1 is 1.24 bits per heavy atom. The smallest absolute Gasteiger partial charge is 0.267 e. The number of carbonyl (C=O) groups is 2. The summed E-state index contributed by atoms with van der Waals surface area (Å²) in [5.41, 5.74) is 1.73. The summed E-state index contributed by atoms with van der Waals surface area (Å²) >= 11 is 5.89. The standard InChI is InChI=1S/C22H25ClN2O4/c1-15-22(28)25(19-4-2-3-5-20(19)29-15)11-10-21(27)24-13-17(14-26)12-16-6-8-18(23)9-7-16/h2-9,15,17,26H,10-14H2,1H3,(H,24,27)/t15-,17-/m1/s1. The molecule has 0 aliphatic carbocycles. The molecular weight excluding hydrogens is 392 g/mol. The van der Waals surface area contributed by atoms with Crippen LogP contribution >= 0.6 is 11.6 Å². The van der Waals surface area contributed by atoms with Crippen LogP contribution in [0.3, 0.4) is 0 Å². The number of halogens is 1. The first-order valence-electron chi connectivity index (χ1n) is 9.67. The van der Waals surface area contributed by atoms with Crippen molar-refractivity contribution >= 4 is 29.1 Å². The zero-order valence-corrected chi connectivity index (χ0v) is 17.1. The molecule has 1 aliphatic rings. The van der Waals surface area contributed by atoms with E-state index >= 15 is 0 Å². The van der Waals surface area contributed by atoms with Gasteiger partial charge in [-0.05, 0) is 43.2 Å². The maximum Gasteiger partial charge on any atom is 0.267 e. The number of anilines is 1. The molecule has 2 N–H and O–H groups in total. The van der Waals surface area contributed by atoms with E-state index in [0.29, 0.717) is 29.4 Å². The van der Waals surface area contributed by atoms with Gasteiger partial charge >= 0.3 is 0 Å². The summed E-state index contributed by atoms with van der Waals surface area (Å²) in [5, 5.41) is 13.1. The van der Waals surface area contributed by atoms with Gasteiger partial charge in [-0.15, -0.1) is 0 Å². The minimum atomic E-state index is -0.578. The van der Waals surface area contributed by atoms with E-state index in [1.807, 2.05) is 48.5 Å². The van der Waals surface area contributed by atoms with E-state index in [1.54, 1.807) is 11.8 Å². The highest BCUT2D eigenvalue weighted by atomic mass is 35.5. The topological polar surface area (TPSA) is 78.9 Å². The van der Waals surface area contributed by atoms with Crippen molar-refractivity contribution in [2.75, 3.05) is 24.6 Å². The molecule has 0 aromatic heterocycles.